The zero-order valence-corrected chi connectivity index (χ0v) is 13.3. The van der Waals surface area contributed by atoms with Crippen LogP contribution < -0.4 is 0 Å². The maximum Gasteiger partial charge on any atom is 0.303 e. The van der Waals surface area contributed by atoms with Crippen LogP contribution in [0.15, 0.2) is 36.7 Å². The summed E-state index contributed by atoms with van der Waals surface area (Å²) in [5.74, 6) is 0.258. The standard InChI is InChI=1S/C15H17IN2O2/c16-13-6-4-5-12(11-13)15-17-8-10-18(15)9-3-1-2-7-14(19)20/h4-6,8,10-11H,1-3,7,9H2,(H,19,20). The van der Waals surface area contributed by atoms with Crippen LogP contribution in [-0.2, 0) is 11.3 Å². The van der Waals surface area contributed by atoms with E-state index in [1.807, 2.05) is 18.5 Å². The van der Waals surface area contributed by atoms with Crippen LogP contribution in [0.5, 0.6) is 0 Å². The topological polar surface area (TPSA) is 55.1 Å². The number of unbranched alkanes of at least 4 members (excludes halogenated alkanes) is 2. The van der Waals surface area contributed by atoms with Crippen molar-refractivity contribution in [3.05, 3.63) is 40.2 Å². The molecule has 0 amide bonds. The lowest BCUT2D eigenvalue weighted by Crippen LogP contribution is -2.00. The van der Waals surface area contributed by atoms with Gasteiger partial charge in [-0.25, -0.2) is 4.98 Å². The third-order valence-corrected chi connectivity index (χ3v) is 3.76. The summed E-state index contributed by atoms with van der Waals surface area (Å²) >= 11 is 2.30. The minimum absolute atomic E-state index is 0.258. The molecular weight excluding hydrogens is 367 g/mol. The fraction of sp³-hybridized carbons (Fsp3) is 0.333. The van der Waals surface area contributed by atoms with Crippen molar-refractivity contribution in [2.75, 3.05) is 0 Å². The van der Waals surface area contributed by atoms with E-state index in [1.165, 1.54) is 3.57 Å². The molecule has 0 saturated heterocycles. The number of aromatic nitrogens is 2. The molecule has 0 unspecified atom stereocenters. The minimum Gasteiger partial charge on any atom is -0.481 e. The lowest BCUT2D eigenvalue weighted by Gasteiger charge is -2.08. The molecule has 4 nitrogen and oxygen atoms in total. The highest BCUT2D eigenvalue weighted by Crippen LogP contribution is 2.20. The number of aliphatic carboxylic acids is 1. The number of hydrogen-bond donors (Lipinski definition) is 1. The van der Waals surface area contributed by atoms with E-state index in [2.05, 4.69) is 50.3 Å². The Balaban J connectivity index is 1.94. The highest BCUT2D eigenvalue weighted by atomic mass is 127. The number of imidazole rings is 1. The molecule has 5 heteroatoms. The summed E-state index contributed by atoms with van der Waals surface area (Å²) in [7, 11) is 0. The molecule has 0 aliphatic heterocycles. The summed E-state index contributed by atoms with van der Waals surface area (Å²) in [4.78, 5) is 14.9. The first-order chi connectivity index (χ1) is 9.66. The second-order valence-electron chi connectivity index (χ2n) is 4.66. The fourth-order valence-electron chi connectivity index (χ4n) is 2.11. The maximum absolute atomic E-state index is 10.4. The Hall–Kier alpha value is -1.37. The highest BCUT2D eigenvalue weighted by Gasteiger charge is 2.06. The van der Waals surface area contributed by atoms with Crippen LogP contribution in [0.2, 0.25) is 0 Å². The van der Waals surface area contributed by atoms with Gasteiger partial charge >= 0.3 is 5.97 Å². The largest absolute Gasteiger partial charge is 0.481 e. The van der Waals surface area contributed by atoms with Gasteiger partial charge in [0, 0.05) is 34.5 Å². The molecule has 106 valence electrons. The van der Waals surface area contributed by atoms with Gasteiger partial charge in [0.1, 0.15) is 5.82 Å². The van der Waals surface area contributed by atoms with E-state index in [-0.39, 0.29) is 6.42 Å². The first-order valence-corrected chi connectivity index (χ1v) is 7.73. The van der Waals surface area contributed by atoms with Crippen molar-refractivity contribution in [1.82, 2.24) is 9.55 Å². The van der Waals surface area contributed by atoms with Gasteiger partial charge in [0.25, 0.3) is 0 Å². The molecule has 0 radical (unpaired) electrons. The van der Waals surface area contributed by atoms with E-state index < -0.39 is 5.97 Å². The van der Waals surface area contributed by atoms with Crippen molar-refractivity contribution in [2.24, 2.45) is 0 Å². The van der Waals surface area contributed by atoms with Crippen molar-refractivity contribution in [2.45, 2.75) is 32.2 Å². The molecule has 2 aromatic rings. The molecule has 2 rings (SSSR count). The Bertz CT molecular complexity index is 581. The third-order valence-electron chi connectivity index (χ3n) is 3.09. The lowest BCUT2D eigenvalue weighted by molar-refractivity contribution is -0.137. The predicted molar refractivity (Wildman–Crippen MR) is 86.5 cm³/mol. The average Bonchev–Trinajstić information content (AvgIpc) is 2.86. The number of rotatable bonds is 7. The first-order valence-electron chi connectivity index (χ1n) is 6.65. The van der Waals surface area contributed by atoms with Crippen molar-refractivity contribution in [3.63, 3.8) is 0 Å². The number of hydrogen-bond acceptors (Lipinski definition) is 2. The van der Waals surface area contributed by atoms with Crippen LogP contribution in [0, 0.1) is 3.57 Å². The van der Waals surface area contributed by atoms with Crippen molar-refractivity contribution >= 4 is 28.6 Å². The van der Waals surface area contributed by atoms with Crippen LogP contribution >= 0.6 is 22.6 Å². The van der Waals surface area contributed by atoms with E-state index in [0.717, 1.165) is 37.2 Å². The molecular formula is C15H17IN2O2. The molecule has 0 saturated carbocycles. The zero-order chi connectivity index (χ0) is 14.4. The van der Waals surface area contributed by atoms with Crippen molar-refractivity contribution in [3.8, 4) is 11.4 Å². The van der Waals surface area contributed by atoms with Crippen LogP contribution in [0.1, 0.15) is 25.7 Å². The quantitative estimate of drug-likeness (QED) is 0.584. The summed E-state index contributed by atoms with van der Waals surface area (Å²) in [5, 5.41) is 8.60. The van der Waals surface area contributed by atoms with Crippen molar-refractivity contribution < 1.29 is 9.90 Å². The van der Waals surface area contributed by atoms with Gasteiger partial charge in [0.05, 0.1) is 0 Å². The molecule has 0 fully saturated rings. The minimum atomic E-state index is -0.716. The summed E-state index contributed by atoms with van der Waals surface area (Å²) in [5.41, 5.74) is 1.12. The van der Waals surface area contributed by atoms with Gasteiger partial charge in [-0.1, -0.05) is 18.6 Å². The number of carboxylic acids is 1. The zero-order valence-electron chi connectivity index (χ0n) is 11.1. The molecule has 0 aliphatic rings. The molecule has 0 aliphatic carbocycles. The van der Waals surface area contributed by atoms with E-state index in [9.17, 15) is 4.79 Å². The fourth-order valence-corrected chi connectivity index (χ4v) is 2.66. The second kappa shape index (κ2) is 7.42. The summed E-state index contributed by atoms with van der Waals surface area (Å²) in [6, 6.07) is 8.27. The monoisotopic (exact) mass is 384 g/mol. The van der Waals surface area contributed by atoms with Crippen LogP contribution in [0.3, 0.4) is 0 Å². The summed E-state index contributed by atoms with van der Waals surface area (Å²) in [6.45, 7) is 0.875. The third kappa shape index (κ3) is 4.33. The SMILES string of the molecule is O=C(O)CCCCCn1ccnc1-c1cccc(I)c1. The van der Waals surface area contributed by atoms with Crippen LogP contribution in [0.4, 0.5) is 0 Å². The number of carboxylic acid groups (broad SMARTS) is 1. The van der Waals surface area contributed by atoms with Crippen LogP contribution in [-0.4, -0.2) is 20.6 Å². The first kappa shape index (κ1) is 15.0. The van der Waals surface area contributed by atoms with E-state index in [4.69, 9.17) is 5.11 Å². The lowest BCUT2D eigenvalue weighted by atomic mass is 10.2. The van der Waals surface area contributed by atoms with Gasteiger partial charge in [0.15, 0.2) is 0 Å². The van der Waals surface area contributed by atoms with E-state index in [1.54, 1.807) is 0 Å². The number of benzene rings is 1. The van der Waals surface area contributed by atoms with Gasteiger partial charge in [-0.15, -0.1) is 0 Å². The number of aryl methyl sites for hydroxylation is 1. The predicted octanol–water partition coefficient (Wildman–Crippen LogP) is 3.80. The van der Waals surface area contributed by atoms with Gasteiger partial charge in [0.2, 0.25) is 0 Å². The van der Waals surface area contributed by atoms with Gasteiger partial charge in [-0.3, -0.25) is 4.79 Å². The maximum atomic E-state index is 10.4. The highest BCUT2D eigenvalue weighted by molar-refractivity contribution is 14.1. The van der Waals surface area contributed by atoms with Crippen LogP contribution in [0.25, 0.3) is 11.4 Å². The Morgan fingerprint density at radius 3 is 2.90 bits per heavy atom. The molecule has 0 bridgehead atoms. The molecule has 1 aromatic carbocycles. The molecule has 0 atom stereocenters. The van der Waals surface area contributed by atoms with Gasteiger partial charge < -0.3 is 9.67 Å². The molecule has 20 heavy (non-hydrogen) atoms. The van der Waals surface area contributed by atoms with E-state index in [0.29, 0.717) is 0 Å². The van der Waals surface area contributed by atoms with Crippen molar-refractivity contribution in [1.29, 1.82) is 0 Å². The Morgan fingerprint density at radius 1 is 1.30 bits per heavy atom. The smallest absolute Gasteiger partial charge is 0.303 e. The summed E-state index contributed by atoms with van der Waals surface area (Å²) < 4.78 is 3.32. The van der Waals surface area contributed by atoms with Gasteiger partial charge in [-0.05, 0) is 47.6 Å². The Kier molecular flexibility index (Phi) is 5.58. The number of nitrogens with zero attached hydrogens (tertiary/aromatic N) is 2. The molecule has 1 heterocycles. The molecule has 1 aromatic heterocycles. The summed E-state index contributed by atoms with van der Waals surface area (Å²) in [6.07, 6.45) is 6.69. The number of halogens is 1. The number of carbonyl (C=O) groups is 1. The molecule has 0 spiro atoms. The van der Waals surface area contributed by atoms with Gasteiger partial charge in [-0.2, -0.15) is 0 Å². The Morgan fingerprint density at radius 2 is 2.15 bits per heavy atom. The average molecular weight is 384 g/mol. The normalized spacial score (nSPS) is 10.7. The Labute approximate surface area is 132 Å². The van der Waals surface area contributed by atoms with E-state index >= 15 is 0 Å². The second-order valence-corrected chi connectivity index (χ2v) is 5.90. The molecule has 1 N–H and O–H groups in total.